The van der Waals surface area contributed by atoms with E-state index in [-0.39, 0.29) is 17.9 Å². The summed E-state index contributed by atoms with van der Waals surface area (Å²) >= 11 is 5.86. The average molecular weight is 444 g/mol. The quantitative estimate of drug-likeness (QED) is 0.634. The Bertz CT molecular complexity index is 1180. The topological polar surface area (TPSA) is 83.9 Å². The lowest BCUT2D eigenvalue weighted by molar-refractivity contribution is -0.141. The molecule has 1 N–H and O–H groups in total. The van der Waals surface area contributed by atoms with E-state index in [9.17, 15) is 18.3 Å². The Balaban J connectivity index is 1.60. The van der Waals surface area contributed by atoms with Gasteiger partial charge in [-0.25, -0.2) is 8.42 Å². The largest absolute Gasteiger partial charge is 0.480 e. The van der Waals surface area contributed by atoms with Crippen LogP contribution in [0, 0.1) is 0 Å². The van der Waals surface area contributed by atoms with Crippen LogP contribution in [0.1, 0.15) is 11.1 Å². The van der Waals surface area contributed by atoms with Gasteiger partial charge < -0.3 is 9.84 Å². The van der Waals surface area contributed by atoms with Gasteiger partial charge in [0.15, 0.2) is 0 Å². The van der Waals surface area contributed by atoms with Gasteiger partial charge in [0.05, 0.1) is 4.90 Å². The smallest absolute Gasteiger partial charge is 0.322 e. The van der Waals surface area contributed by atoms with Crippen molar-refractivity contribution in [1.82, 2.24) is 4.31 Å². The van der Waals surface area contributed by atoms with E-state index in [1.54, 1.807) is 24.3 Å². The summed E-state index contributed by atoms with van der Waals surface area (Å²) in [5.74, 6) is -0.153. The van der Waals surface area contributed by atoms with Gasteiger partial charge in [0, 0.05) is 18.0 Å². The first-order chi connectivity index (χ1) is 14.3. The van der Waals surface area contributed by atoms with Crippen molar-refractivity contribution in [2.75, 3.05) is 0 Å². The molecule has 1 heterocycles. The Kier molecular flexibility index (Phi) is 5.51. The Labute approximate surface area is 179 Å². The van der Waals surface area contributed by atoms with E-state index in [0.29, 0.717) is 16.5 Å². The minimum absolute atomic E-state index is 0.0107. The molecule has 1 aliphatic heterocycles. The summed E-state index contributed by atoms with van der Waals surface area (Å²) < 4.78 is 33.2. The maximum Gasteiger partial charge on any atom is 0.322 e. The van der Waals surface area contributed by atoms with Crippen LogP contribution in [-0.2, 0) is 27.8 Å². The van der Waals surface area contributed by atoms with Crippen molar-refractivity contribution in [3.8, 4) is 11.5 Å². The predicted octanol–water partition coefficient (Wildman–Crippen LogP) is 4.33. The van der Waals surface area contributed by atoms with E-state index in [4.69, 9.17) is 16.3 Å². The third-order valence-electron chi connectivity index (χ3n) is 4.97. The molecule has 4 rings (SSSR count). The van der Waals surface area contributed by atoms with E-state index in [1.165, 1.54) is 24.3 Å². The molecule has 1 aliphatic rings. The zero-order valence-electron chi connectivity index (χ0n) is 15.7. The van der Waals surface area contributed by atoms with Crippen LogP contribution in [0.5, 0.6) is 11.5 Å². The minimum Gasteiger partial charge on any atom is -0.480 e. The van der Waals surface area contributed by atoms with Crippen LogP contribution in [0.15, 0.2) is 77.7 Å². The van der Waals surface area contributed by atoms with Gasteiger partial charge in [-0.2, -0.15) is 4.31 Å². The summed E-state index contributed by atoms with van der Waals surface area (Å²) in [6, 6.07) is 18.8. The van der Waals surface area contributed by atoms with E-state index in [2.05, 4.69) is 0 Å². The molecule has 6 nitrogen and oxygen atoms in total. The number of ether oxygens (including phenoxy) is 1. The minimum atomic E-state index is -4.01. The lowest BCUT2D eigenvalue weighted by Crippen LogP contribution is -2.48. The van der Waals surface area contributed by atoms with Gasteiger partial charge in [0.1, 0.15) is 17.5 Å². The molecule has 0 radical (unpaired) electrons. The van der Waals surface area contributed by atoms with Crippen LogP contribution >= 0.6 is 11.6 Å². The normalized spacial score (nSPS) is 16.6. The Morgan fingerprint density at radius 3 is 2.10 bits per heavy atom. The summed E-state index contributed by atoms with van der Waals surface area (Å²) in [7, 11) is -4.01. The van der Waals surface area contributed by atoms with Crippen molar-refractivity contribution in [1.29, 1.82) is 0 Å². The number of halogens is 1. The fraction of sp³-hybridized carbons (Fsp3) is 0.136. The molecule has 3 aromatic carbocycles. The number of nitrogens with zero attached hydrogens (tertiary/aromatic N) is 1. The standard InChI is InChI=1S/C22H18ClNO5S/c23-17-5-7-18(8-6-17)29-19-9-11-20(12-10-19)30(27,28)24-14-16-4-2-1-3-15(16)13-21(24)22(25)26/h1-12,21H,13-14H2,(H,25,26)/t21-/m1/s1. The van der Waals surface area contributed by atoms with Gasteiger partial charge in [0.25, 0.3) is 0 Å². The maximum atomic E-state index is 13.2. The van der Waals surface area contributed by atoms with Crippen molar-refractivity contribution in [3.63, 3.8) is 0 Å². The zero-order valence-corrected chi connectivity index (χ0v) is 17.3. The maximum absolute atomic E-state index is 13.2. The van der Waals surface area contributed by atoms with Gasteiger partial charge in [-0.05, 0) is 59.7 Å². The van der Waals surface area contributed by atoms with Gasteiger partial charge in [-0.15, -0.1) is 0 Å². The molecule has 3 aromatic rings. The molecule has 30 heavy (non-hydrogen) atoms. The number of carboxylic acid groups (broad SMARTS) is 1. The van der Waals surface area contributed by atoms with Crippen molar-refractivity contribution in [3.05, 3.63) is 88.9 Å². The molecule has 0 spiro atoms. The average Bonchev–Trinajstić information content (AvgIpc) is 2.75. The second-order valence-electron chi connectivity index (χ2n) is 6.90. The molecule has 1 atom stereocenters. The molecule has 0 aliphatic carbocycles. The van der Waals surface area contributed by atoms with Crippen molar-refractivity contribution in [2.24, 2.45) is 0 Å². The number of hydrogen-bond acceptors (Lipinski definition) is 4. The van der Waals surface area contributed by atoms with E-state index >= 15 is 0 Å². The highest BCUT2D eigenvalue weighted by Crippen LogP contribution is 2.31. The summed E-state index contributed by atoms with van der Waals surface area (Å²) in [5, 5.41) is 10.2. The van der Waals surface area contributed by atoms with E-state index in [1.807, 2.05) is 24.3 Å². The van der Waals surface area contributed by atoms with Gasteiger partial charge in [0.2, 0.25) is 10.0 Å². The van der Waals surface area contributed by atoms with Crippen LogP contribution in [0.3, 0.4) is 0 Å². The third kappa shape index (κ3) is 4.05. The van der Waals surface area contributed by atoms with Crippen LogP contribution in [0.2, 0.25) is 5.02 Å². The molecule has 0 saturated carbocycles. The predicted molar refractivity (Wildman–Crippen MR) is 112 cm³/mol. The third-order valence-corrected chi connectivity index (χ3v) is 7.09. The molecular weight excluding hydrogens is 426 g/mol. The number of sulfonamides is 1. The summed E-state index contributed by atoms with van der Waals surface area (Å²) in [6.45, 7) is 0.0124. The number of hydrogen-bond donors (Lipinski definition) is 1. The SMILES string of the molecule is O=C(O)[C@H]1Cc2ccccc2CN1S(=O)(=O)c1ccc(Oc2ccc(Cl)cc2)cc1. The molecule has 0 fully saturated rings. The first-order valence-electron chi connectivity index (χ1n) is 9.19. The first kappa shape index (κ1) is 20.4. The zero-order chi connectivity index (χ0) is 21.3. The van der Waals surface area contributed by atoms with Crippen molar-refractivity contribution in [2.45, 2.75) is 23.9 Å². The van der Waals surface area contributed by atoms with Crippen LogP contribution in [0.25, 0.3) is 0 Å². The molecule has 154 valence electrons. The highest BCUT2D eigenvalue weighted by molar-refractivity contribution is 7.89. The van der Waals surface area contributed by atoms with Crippen LogP contribution in [-0.4, -0.2) is 29.8 Å². The molecule has 0 bridgehead atoms. The first-order valence-corrected chi connectivity index (χ1v) is 11.0. The van der Waals surface area contributed by atoms with Gasteiger partial charge >= 0.3 is 5.97 Å². The van der Waals surface area contributed by atoms with Crippen molar-refractivity contribution < 1.29 is 23.1 Å². The Morgan fingerprint density at radius 1 is 0.933 bits per heavy atom. The summed E-state index contributed by atoms with van der Waals surface area (Å²) in [5.41, 5.74) is 1.66. The number of fused-ring (bicyclic) bond motifs is 1. The number of rotatable bonds is 5. The van der Waals surface area contributed by atoms with Crippen LogP contribution < -0.4 is 4.74 Å². The monoisotopic (exact) mass is 443 g/mol. The lowest BCUT2D eigenvalue weighted by atomic mass is 9.96. The number of carbonyl (C=O) groups is 1. The summed E-state index contributed by atoms with van der Waals surface area (Å²) in [6.07, 6.45) is 0.127. The Hall–Kier alpha value is -2.87. The number of benzene rings is 3. The fourth-order valence-corrected chi connectivity index (χ4v) is 5.10. The molecular formula is C22H18ClNO5S. The molecule has 0 amide bonds. The lowest BCUT2D eigenvalue weighted by Gasteiger charge is -2.33. The van der Waals surface area contributed by atoms with Crippen molar-refractivity contribution >= 4 is 27.6 Å². The van der Waals surface area contributed by atoms with E-state index < -0.39 is 22.0 Å². The highest BCUT2D eigenvalue weighted by Gasteiger charge is 2.39. The molecule has 0 aromatic heterocycles. The van der Waals surface area contributed by atoms with E-state index in [0.717, 1.165) is 15.4 Å². The second kappa shape index (κ2) is 8.10. The molecule has 0 saturated heterocycles. The second-order valence-corrected chi connectivity index (χ2v) is 9.23. The number of carboxylic acids is 1. The molecule has 8 heteroatoms. The fourth-order valence-electron chi connectivity index (χ4n) is 3.42. The van der Waals surface area contributed by atoms with Gasteiger partial charge in [-0.3, -0.25) is 4.79 Å². The summed E-state index contributed by atoms with van der Waals surface area (Å²) in [4.78, 5) is 11.8. The molecule has 0 unspecified atom stereocenters. The Morgan fingerprint density at radius 2 is 1.50 bits per heavy atom. The number of aliphatic carboxylic acids is 1. The van der Waals surface area contributed by atoms with Gasteiger partial charge in [-0.1, -0.05) is 35.9 Å². The highest BCUT2D eigenvalue weighted by atomic mass is 35.5. The van der Waals surface area contributed by atoms with Crippen LogP contribution in [0.4, 0.5) is 0 Å².